The van der Waals surface area contributed by atoms with Crippen LogP contribution in [0.3, 0.4) is 0 Å². The number of nitrogens with zero attached hydrogens (tertiary/aromatic N) is 1. The van der Waals surface area contributed by atoms with E-state index in [4.69, 9.17) is 5.11 Å². The summed E-state index contributed by atoms with van der Waals surface area (Å²) in [5.74, 6) is -0.952. The first kappa shape index (κ1) is 13.6. The van der Waals surface area contributed by atoms with Gasteiger partial charge in [0.1, 0.15) is 6.04 Å². The summed E-state index contributed by atoms with van der Waals surface area (Å²) < 4.78 is 0. The van der Waals surface area contributed by atoms with E-state index in [-0.39, 0.29) is 18.9 Å². The average molecular weight is 287 g/mol. The largest absolute Gasteiger partial charge is 0.480 e. The Kier molecular flexibility index (Phi) is 3.62. The SMILES string of the molecule is O=C(O)C1CN(C(=O)Cc2c[nH]c3ccccc23)CCN1. The Morgan fingerprint density at radius 3 is 2.95 bits per heavy atom. The molecule has 0 spiro atoms. The number of carbonyl (C=O) groups is 2. The number of hydrogen-bond acceptors (Lipinski definition) is 3. The van der Waals surface area contributed by atoms with Crippen LogP contribution in [0.1, 0.15) is 5.56 Å². The lowest BCUT2D eigenvalue weighted by atomic mass is 10.1. The molecule has 6 nitrogen and oxygen atoms in total. The van der Waals surface area contributed by atoms with E-state index in [1.807, 2.05) is 30.5 Å². The molecule has 2 aromatic rings. The fraction of sp³-hybridized carbons (Fsp3) is 0.333. The lowest BCUT2D eigenvalue weighted by molar-refractivity contribution is -0.142. The number of nitrogens with one attached hydrogen (secondary N) is 2. The van der Waals surface area contributed by atoms with Crippen LogP contribution in [0, 0.1) is 0 Å². The Morgan fingerprint density at radius 1 is 1.33 bits per heavy atom. The van der Waals surface area contributed by atoms with Gasteiger partial charge in [0, 0.05) is 36.7 Å². The van der Waals surface area contributed by atoms with E-state index in [2.05, 4.69) is 10.3 Å². The highest BCUT2D eigenvalue weighted by Gasteiger charge is 2.27. The summed E-state index contributed by atoms with van der Waals surface area (Å²) in [6.45, 7) is 1.28. The van der Waals surface area contributed by atoms with E-state index in [1.165, 1.54) is 0 Å². The zero-order valence-electron chi connectivity index (χ0n) is 11.5. The van der Waals surface area contributed by atoms with Crippen LogP contribution in [0.4, 0.5) is 0 Å². The monoisotopic (exact) mass is 287 g/mol. The molecule has 1 amide bonds. The summed E-state index contributed by atoms with van der Waals surface area (Å²) in [5, 5.41) is 13.0. The first-order valence-electron chi connectivity index (χ1n) is 6.94. The van der Waals surface area contributed by atoms with E-state index in [0.717, 1.165) is 16.5 Å². The van der Waals surface area contributed by atoms with Crippen molar-refractivity contribution in [1.29, 1.82) is 0 Å². The van der Waals surface area contributed by atoms with Crippen LogP contribution in [-0.2, 0) is 16.0 Å². The van der Waals surface area contributed by atoms with Crippen LogP contribution >= 0.6 is 0 Å². The summed E-state index contributed by atoms with van der Waals surface area (Å²) in [7, 11) is 0. The Bertz CT molecular complexity index is 680. The van der Waals surface area contributed by atoms with Crippen LogP contribution < -0.4 is 5.32 Å². The molecule has 0 saturated carbocycles. The Labute approximate surface area is 121 Å². The number of aromatic amines is 1. The maximum Gasteiger partial charge on any atom is 0.322 e. The molecule has 1 atom stereocenters. The molecule has 2 heterocycles. The number of para-hydroxylation sites is 1. The Hall–Kier alpha value is -2.34. The molecule has 0 radical (unpaired) electrons. The number of aromatic nitrogens is 1. The molecule has 0 bridgehead atoms. The highest BCUT2D eigenvalue weighted by atomic mass is 16.4. The van der Waals surface area contributed by atoms with Gasteiger partial charge in [-0.25, -0.2) is 0 Å². The van der Waals surface area contributed by atoms with Crippen molar-refractivity contribution in [1.82, 2.24) is 15.2 Å². The number of piperazine rings is 1. The van der Waals surface area contributed by atoms with Crippen molar-refractivity contribution in [2.75, 3.05) is 19.6 Å². The maximum absolute atomic E-state index is 12.4. The van der Waals surface area contributed by atoms with Gasteiger partial charge in [-0.05, 0) is 11.6 Å². The zero-order valence-corrected chi connectivity index (χ0v) is 11.5. The van der Waals surface area contributed by atoms with Crippen LogP contribution in [0.2, 0.25) is 0 Å². The van der Waals surface area contributed by atoms with Crippen LogP contribution in [0.5, 0.6) is 0 Å². The topological polar surface area (TPSA) is 85.4 Å². The molecule has 6 heteroatoms. The van der Waals surface area contributed by atoms with E-state index in [1.54, 1.807) is 4.90 Å². The molecule has 1 saturated heterocycles. The lowest BCUT2D eigenvalue weighted by Crippen LogP contribution is -2.56. The molecule has 1 fully saturated rings. The molecular weight excluding hydrogens is 270 g/mol. The van der Waals surface area contributed by atoms with E-state index >= 15 is 0 Å². The number of amides is 1. The van der Waals surface area contributed by atoms with Crippen LogP contribution in [-0.4, -0.2) is 52.5 Å². The molecule has 21 heavy (non-hydrogen) atoms. The van der Waals surface area contributed by atoms with Gasteiger partial charge in [0.05, 0.1) is 6.42 Å². The third-order valence-corrected chi connectivity index (χ3v) is 3.84. The van der Waals surface area contributed by atoms with Gasteiger partial charge < -0.3 is 20.3 Å². The number of carboxylic acids is 1. The number of rotatable bonds is 3. The minimum absolute atomic E-state index is 0.0347. The smallest absolute Gasteiger partial charge is 0.322 e. The second kappa shape index (κ2) is 5.57. The van der Waals surface area contributed by atoms with Gasteiger partial charge >= 0.3 is 5.97 Å². The Morgan fingerprint density at radius 2 is 2.14 bits per heavy atom. The number of benzene rings is 1. The van der Waals surface area contributed by atoms with Crippen molar-refractivity contribution in [3.05, 3.63) is 36.0 Å². The normalized spacial score (nSPS) is 18.9. The lowest BCUT2D eigenvalue weighted by Gasteiger charge is -2.31. The number of fused-ring (bicyclic) bond motifs is 1. The Balaban J connectivity index is 1.72. The number of carboxylic acid groups (broad SMARTS) is 1. The highest BCUT2D eigenvalue weighted by molar-refractivity contribution is 5.89. The number of carbonyl (C=O) groups excluding carboxylic acids is 1. The number of hydrogen-bond donors (Lipinski definition) is 3. The minimum Gasteiger partial charge on any atom is -0.480 e. The number of H-pyrrole nitrogens is 1. The first-order valence-corrected chi connectivity index (χ1v) is 6.94. The number of aliphatic carboxylic acids is 1. The molecule has 1 aromatic heterocycles. The van der Waals surface area contributed by atoms with Gasteiger partial charge in [-0.2, -0.15) is 0 Å². The summed E-state index contributed by atoms with van der Waals surface area (Å²) in [4.78, 5) is 28.1. The van der Waals surface area contributed by atoms with Gasteiger partial charge in [-0.1, -0.05) is 18.2 Å². The van der Waals surface area contributed by atoms with Crippen molar-refractivity contribution in [2.45, 2.75) is 12.5 Å². The van der Waals surface area contributed by atoms with Gasteiger partial charge in [-0.3, -0.25) is 9.59 Å². The second-order valence-corrected chi connectivity index (χ2v) is 5.22. The van der Waals surface area contributed by atoms with Crippen molar-refractivity contribution in [2.24, 2.45) is 0 Å². The maximum atomic E-state index is 12.4. The molecule has 110 valence electrons. The summed E-state index contributed by atoms with van der Waals surface area (Å²) in [6, 6.07) is 7.15. The average Bonchev–Trinajstić information content (AvgIpc) is 2.91. The molecule has 1 aliphatic rings. The minimum atomic E-state index is -0.917. The van der Waals surface area contributed by atoms with Gasteiger partial charge in [0.25, 0.3) is 0 Å². The standard InChI is InChI=1S/C15H17N3O3/c19-14(18-6-5-16-13(9-18)15(20)21)7-10-8-17-12-4-2-1-3-11(10)12/h1-4,8,13,16-17H,5-7,9H2,(H,20,21). The fourth-order valence-electron chi connectivity index (χ4n) is 2.69. The second-order valence-electron chi connectivity index (χ2n) is 5.22. The molecule has 3 rings (SSSR count). The van der Waals surface area contributed by atoms with Crippen molar-refractivity contribution in [3.63, 3.8) is 0 Å². The quantitative estimate of drug-likeness (QED) is 0.771. The van der Waals surface area contributed by atoms with Crippen LogP contribution in [0.15, 0.2) is 30.5 Å². The molecule has 3 N–H and O–H groups in total. The third-order valence-electron chi connectivity index (χ3n) is 3.84. The molecule has 0 aliphatic carbocycles. The summed E-state index contributed by atoms with van der Waals surface area (Å²) in [5.41, 5.74) is 1.95. The molecule has 1 aromatic carbocycles. The zero-order chi connectivity index (χ0) is 14.8. The van der Waals surface area contributed by atoms with Gasteiger partial charge in [0.2, 0.25) is 5.91 Å². The predicted molar refractivity (Wildman–Crippen MR) is 78.0 cm³/mol. The summed E-state index contributed by atoms with van der Waals surface area (Å²) in [6.07, 6.45) is 2.13. The third kappa shape index (κ3) is 2.75. The predicted octanol–water partition coefficient (Wildman–Crippen LogP) is 0.595. The van der Waals surface area contributed by atoms with Crippen molar-refractivity contribution < 1.29 is 14.7 Å². The van der Waals surface area contributed by atoms with Gasteiger partial charge in [-0.15, -0.1) is 0 Å². The first-order chi connectivity index (χ1) is 10.1. The molecular formula is C15H17N3O3. The molecule has 1 aliphatic heterocycles. The van der Waals surface area contributed by atoms with Crippen LogP contribution in [0.25, 0.3) is 10.9 Å². The van der Waals surface area contributed by atoms with E-state index in [9.17, 15) is 9.59 Å². The van der Waals surface area contributed by atoms with Crippen molar-refractivity contribution >= 4 is 22.8 Å². The highest BCUT2D eigenvalue weighted by Crippen LogP contribution is 2.19. The van der Waals surface area contributed by atoms with Gasteiger partial charge in [0.15, 0.2) is 0 Å². The summed E-state index contributed by atoms with van der Waals surface area (Å²) >= 11 is 0. The fourth-order valence-corrected chi connectivity index (χ4v) is 2.69. The van der Waals surface area contributed by atoms with E-state index in [0.29, 0.717) is 13.1 Å². The molecule has 1 unspecified atom stereocenters. The van der Waals surface area contributed by atoms with E-state index < -0.39 is 12.0 Å². The van der Waals surface area contributed by atoms with Crippen molar-refractivity contribution in [3.8, 4) is 0 Å².